The predicted molar refractivity (Wildman–Crippen MR) is 116 cm³/mol. The summed E-state index contributed by atoms with van der Waals surface area (Å²) in [5.41, 5.74) is 0.970. The molecule has 158 valence electrons. The summed E-state index contributed by atoms with van der Waals surface area (Å²) in [6.45, 7) is 0.710. The lowest BCUT2D eigenvalue weighted by atomic mass is 10.0. The number of halogens is 2. The number of nitrogens with one attached hydrogen (secondary N) is 2. The van der Waals surface area contributed by atoms with Crippen LogP contribution in [0, 0.1) is 34.3 Å². The van der Waals surface area contributed by atoms with Crippen molar-refractivity contribution < 1.29 is 8.78 Å². The van der Waals surface area contributed by atoms with Crippen LogP contribution in [0.3, 0.4) is 0 Å². The standard InChI is InChI=1S/C22H20F2N6S/c23-14-3-4-16(24)15(9-14)22-10-13(22)7-8-29(22)19-6-5-18-27-11-17(30(18)28-19)21(26)31-20(25)12-1-2-12/h3-6,9,11-13,25-26H,1-2,7-8,10H2/t13-,22+/m0/s1. The molecule has 1 saturated heterocycles. The summed E-state index contributed by atoms with van der Waals surface area (Å²) in [4.78, 5) is 6.42. The fraction of sp³-hybridized carbons (Fsp3) is 0.364. The summed E-state index contributed by atoms with van der Waals surface area (Å²) in [5.74, 6) is 0.386. The molecule has 3 aromatic rings. The Kier molecular flexibility index (Phi) is 4.02. The van der Waals surface area contributed by atoms with Crippen molar-refractivity contribution in [3.05, 3.63) is 59.4 Å². The first-order chi connectivity index (χ1) is 15.0. The number of piperidine rings is 1. The van der Waals surface area contributed by atoms with Crippen LogP contribution in [0.5, 0.6) is 0 Å². The first kappa shape index (κ1) is 18.9. The van der Waals surface area contributed by atoms with Crippen molar-refractivity contribution in [1.82, 2.24) is 14.6 Å². The largest absolute Gasteiger partial charge is 0.345 e. The van der Waals surface area contributed by atoms with Crippen molar-refractivity contribution in [3.63, 3.8) is 0 Å². The van der Waals surface area contributed by atoms with Crippen LogP contribution in [0.25, 0.3) is 5.65 Å². The third-order valence-electron chi connectivity index (χ3n) is 6.67. The van der Waals surface area contributed by atoms with E-state index in [-0.39, 0.29) is 16.9 Å². The van der Waals surface area contributed by atoms with Crippen LogP contribution < -0.4 is 4.90 Å². The van der Waals surface area contributed by atoms with Crippen molar-refractivity contribution in [2.45, 2.75) is 31.2 Å². The molecule has 0 amide bonds. The van der Waals surface area contributed by atoms with Crippen molar-refractivity contribution in [2.75, 3.05) is 11.4 Å². The molecule has 6 rings (SSSR count). The average Bonchev–Trinajstić information content (AvgIpc) is 3.66. The Labute approximate surface area is 181 Å². The molecule has 2 N–H and O–H groups in total. The highest BCUT2D eigenvalue weighted by Crippen LogP contribution is 2.63. The minimum Gasteiger partial charge on any atom is -0.345 e. The van der Waals surface area contributed by atoms with Crippen molar-refractivity contribution >= 4 is 33.3 Å². The average molecular weight is 439 g/mol. The topological polar surface area (TPSA) is 81.1 Å². The van der Waals surface area contributed by atoms with E-state index in [4.69, 9.17) is 15.9 Å². The Bertz CT molecular complexity index is 1250. The van der Waals surface area contributed by atoms with Gasteiger partial charge in [-0.3, -0.25) is 10.8 Å². The number of aromatic nitrogens is 3. The molecule has 3 heterocycles. The minimum atomic E-state index is -0.566. The van der Waals surface area contributed by atoms with Crippen LogP contribution in [0.15, 0.2) is 36.5 Å². The SMILES string of the molecule is N=C(SC(=N)C1CC1)c1cnc2ccc(N3CC[C@H]4C[C@]43c3cc(F)ccc3F)nn12. The molecule has 2 aromatic heterocycles. The molecule has 0 unspecified atom stereocenters. The van der Waals surface area contributed by atoms with E-state index in [2.05, 4.69) is 9.88 Å². The normalized spacial score (nSPS) is 24.5. The van der Waals surface area contributed by atoms with Crippen LogP contribution in [0.2, 0.25) is 0 Å². The van der Waals surface area contributed by atoms with Gasteiger partial charge in [-0.05, 0) is 61.9 Å². The number of thioether (sulfide) groups is 1. The number of hydrogen-bond donors (Lipinski definition) is 2. The Balaban J connectivity index is 1.37. The van der Waals surface area contributed by atoms with Gasteiger partial charge in [-0.25, -0.2) is 18.3 Å². The van der Waals surface area contributed by atoms with E-state index in [1.54, 1.807) is 10.7 Å². The molecular weight excluding hydrogens is 418 g/mol. The number of anilines is 1. The molecule has 3 aliphatic rings. The van der Waals surface area contributed by atoms with Gasteiger partial charge in [-0.1, -0.05) is 11.8 Å². The zero-order chi connectivity index (χ0) is 21.3. The fourth-order valence-corrected chi connectivity index (χ4v) is 5.72. The molecule has 2 atom stereocenters. The molecule has 9 heteroatoms. The first-order valence-corrected chi connectivity index (χ1v) is 11.2. The van der Waals surface area contributed by atoms with Gasteiger partial charge in [0.25, 0.3) is 0 Å². The maximum Gasteiger partial charge on any atom is 0.154 e. The fourth-order valence-electron chi connectivity index (χ4n) is 4.85. The maximum absolute atomic E-state index is 14.7. The van der Waals surface area contributed by atoms with E-state index in [0.717, 1.165) is 43.5 Å². The Hall–Kier alpha value is -2.81. The van der Waals surface area contributed by atoms with Crippen LogP contribution in [-0.4, -0.2) is 31.2 Å². The van der Waals surface area contributed by atoms with Crippen molar-refractivity contribution in [2.24, 2.45) is 11.8 Å². The van der Waals surface area contributed by atoms with E-state index in [1.807, 2.05) is 12.1 Å². The van der Waals surface area contributed by atoms with Gasteiger partial charge in [0.1, 0.15) is 28.2 Å². The second-order valence-corrected chi connectivity index (χ2v) is 9.62. The number of hydrogen-bond acceptors (Lipinski definition) is 6. The van der Waals surface area contributed by atoms with Gasteiger partial charge in [0.05, 0.1) is 16.8 Å². The van der Waals surface area contributed by atoms with Crippen LogP contribution in [-0.2, 0) is 5.54 Å². The lowest BCUT2D eigenvalue weighted by Gasteiger charge is -2.30. The zero-order valence-corrected chi connectivity index (χ0v) is 17.4. The summed E-state index contributed by atoms with van der Waals surface area (Å²) in [5, 5.41) is 22.1. The first-order valence-electron chi connectivity index (χ1n) is 10.4. The Morgan fingerprint density at radius 3 is 2.74 bits per heavy atom. The molecule has 3 fully saturated rings. The van der Waals surface area contributed by atoms with E-state index < -0.39 is 17.2 Å². The van der Waals surface area contributed by atoms with E-state index in [9.17, 15) is 8.78 Å². The van der Waals surface area contributed by atoms with Gasteiger partial charge >= 0.3 is 0 Å². The number of fused-ring (bicyclic) bond motifs is 2. The molecule has 31 heavy (non-hydrogen) atoms. The lowest BCUT2D eigenvalue weighted by Crippen LogP contribution is -2.34. The van der Waals surface area contributed by atoms with E-state index in [0.29, 0.717) is 34.3 Å². The quantitative estimate of drug-likeness (QED) is 0.462. The Morgan fingerprint density at radius 1 is 1.13 bits per heavy atom. The molecule has 2 saturated carbocycles. The van der Waals surface area contributed by atoms with Gasteiger partial charge in [0.2, 0.25) is 0 Å². The van der Waals surface area contributed by atoms with Crippen molar-refractivity contribution in [3.8, 4) is 0 Å². The molecule has 0 radical (unpaired) electrons. The molecule has 0 bridgehead atoms. The van der Waals surface area contributed by atoms with Crippen LogP contribution in [0.4, 0.5) is 14.6 Å². The molecule has 0 spiro atoms. The third-order valence-corrected chi connectivity index (χ3v) is 7.63. The number of rotatable bonds is 4. The monoisotopic (exact) mass is 438 g/mol. The summed E-state index contributed by atoms with van der Waals surface area (Å²) < 4.78 is 30.2. The van der Waals surface area contributed by atoms with Crippen LogP contribution >= 0.6 is 11.8 Å². The second-order valence-electron chi connectivity index (χ2n) is 8.56. The van der Waals surface area contributed by atoms with Gasteiger partial charge in [0.15, 0.2) is 5.65 Å². The number of nitrogens with zero attached hydrogens (tertiary/aromatic N) is 4. The number of imidazole rings is 1. The van der Waals surface area contributed by atoms with Gasteiger partial charge < -0.3 is 4.90 Å². The third kappa shape index (κ3) is 2.90. The zero-order valence-electron chi connectivity index (χ0n) is 16.6. The number of benzene rings is 1. The van der Waals surface area contributed by atoms with Crippen LogP contribution in [0.1, 0.15) is 36.9 Å². The van der Waals surface area contributed by atoms with Gasteiger partial charge in [0, 0.05) is 18.0 Å². The smallest absolute Gasteiger partial charge is 0.154 e. The molecule has 6 nitrogen and oxygen atoms in total. The summed E-state index contributed by atoms with van der Waals surface area (Å²) in [7, 11) is 0. The molecular formula is C22H20F2N6S. The Morgan fingerprint density at radius 2 is 1.97 bits per heavy atom. The highest BCUT2D eigenvalue weighted by atomic mass is 32.2. The molecule has 1 aromatic carbocycles. The van der Waals surface area contributed by atoms with Gasteiger partial charge in [-0.15, -0.1) is 5.10 Å². The van der Waals surface area contributed by atoms with E-state index in [1.165, 1.54) is 12.1 Å². The second kappa shape index (κ2) is 6.59. The highest BCUT2D eigenvalue weighted by Gasteiger charge is 2.64. The maximum atomic E-state index is 14.7. The highest BCUT2D eigenvalue weighted by molar-refractivity contribution is 8.26. The van der Waals surface area contributed by atoms with Crippen molar-refractivity contribution in [1.29, 1.82) is 10.8 Å². The predicted octanol–water partition coefficient (Wildman–Crippen LogP) is 4.58. The van der Waals surface area contributed by atoms with Gasteiger partial charge in [-0.2, -0.15) is 0 Å². The summed E-state index contributed by atoms with van der Waals surface area (Å²) in [6.07, 6.45) is 5.31. The summed E-state index contributed by atoms with van der Waals surface area (Å²) >= 11 is 1.15. The molecule has 1 aliphatic heterocycles. The molecule has 2 aliphatic carbocycles. The lowest BCUT2D eigenvalue weighted by molar-refractivity contribution is 0.542. The minimum absolute atomic E-state index is 0.241. The van der Waals surface area contributed by atoms with E-state index >= 15 is 0 Å². The summed E-state index contributed by atoms with van der Waals surface area (Å²) in [6, 6.07) is 7.35.